The van der Waals surface area contributed by atoms with Crippen molar-refractivity contribution in [3.8, 4) is 0 Å². The first-order valence-corrected chi connectivity index (χ1v) is 7.81. The molecule has 1 aromatic heterocycles. The maximum Gasteiger partial charge on any atom is 0.228 e. The zero-order valence-electron chi connectivity index (χ0n) is 12.9. The molecule has 0 unspecified atom stereocenters. The Morgan fingerprint density at radius 2 is 2.23 bits per heavy atom. The minimum absolute atomic E-state index is 0.158. The topological polar surface area (TPSA) is 61.0 Å². The molecule has 0 aliphatic carbocycles. The second-order valence-electron chi connectivity index (χ2n) is 5.91. The second-order valence-corrected chi connectivity index (χ2v) is 5.91. The lowest BCUT2D eigenvalue weighted by Gasteiger charge is -2.33. The van der Waals surface area contributed by atoms with E-state index in [-0.39, 0.29) is 5.91 Å². The van der Waals surface area contributed by atoms with Gasteiger partial charge >= 0.3 is 0 Å². The second kappa shape index (κ2) is 6.64. The van der Waals surface area contributed by atoms with Crippen molar-refractivity contribution in [1.29, 1.82) is 0 Å². The van der Waals surface area contributed by atoms with Crippen molar-refractivity contribution in [1.82, 2.24) is 15.1 Å². The zero-order chi connectivity index (χ0) is 15.4. The Morgan fingerprint density at radius 3 is 2.95 bits per heavy atom. The number of likely N-dealkylation sites (tertiary alicyclic amines) is 1. The molecule has 1 aliphatic heterocycles. The van der Waals surface area contributed by atoms with E-state index in [1.807, 2.05) is 36.1 Å². The number of H-pyrrole nitrogens is 1. The molecule has 0 saturated carbocycles. The molecule has 1 aromatic carbocycles. The molecule has 0 radical (unpaired) electrons. The lowest BCUT2D eigenvalue weighted by molar-refractivity contribution is -0.131. The number of nitrogens with one attached hydrogen (secondary N) is 2. The van der Waals surface area contributed by atoms with E-state index in [2.05, 4.69) is 27.6 Å². The van der Waals surface area contributed by atoms with E-state index < -0.39 is 0 Å². The van der Waals surface area contributed by atoms with Crippen LogP contribution >= 0.6 is 0 Å². The molecule has 3 rings (SSSR count). The number of benzene rings is 1. The highest BCUT2D eigenvalue weighted by Gasteiger charge is 2.24. The van der Waals surface area contributed by atoms with Crippen LogP contribution in [0.5, 0.6) is 0 Å². The van der Waals surface area contributed by atoms with Crippen LogP contribution < -0.4 is 5.32 Å². The van der Waals surface area contributed by atoms with Crippen molar-refractivity contribution in [2.24, 2.45) is 0 Å². The number of para-hydroxylation sites is 1. The van der Waals surface area contributed by atoms with Crippen LogP contribution in [0, 0.1) is 6.92 Å². The normalized spacial score (nSPS) is 18.2. The fraction of sp³-hybridized carbons (Fsp3) is 0.412. The maximum atomic E-state index is 12.4. The van der Waals surface area contributed by atoms with Gasteiger partial charge < -0.3 is 10.2 Å². The molecule has 1 atom stereocenters. The fourth-order valence-electron chi connectivity index (χ4n) is 2.92. The van der Waals surface area contributed by atoms with Gasteiger partial charge in [0.25, 0.3) is 0 Å². The van der Waals surface area contributed by atoms with Gasteiger partial charge in [-0.3, -0.25) is 9.89 Å². The van der Waals surface area contributed by atoms with Crippen LogP contribution in [-0.4, -0.2) is 40.1 Å². The lowest BCUT2D eigenvalue weighted by Crippen LogP contribution is -2.45. The van der Waals surface area contributed by atoms with Crippen molar-refractivity contribution in [3.63, 3.8) is 0 Å². The van der Waals surface area contributed by atoms with Crippen LogP contribution in [0.15, 0.2) is 36.4 Å². The van der Waals surface area contributed by atoms with E-state index in [0.717, 1.165) is 43.0 Å². The Balaban J connectivity index is 1.57. The third-order valence-corrected chi connectivity index (χ3v) is 4.01. The molecule has 5 nitrogen and oxygen atoms in total. The number of hydrogen-bond acceptors (Lipinski definition) is 3. The quantitative estimate of drug-likeness (QED) is 0.911. The number of hydrogen-bond donors (Lipinski definition) is 2. The Labute approximate surface area is 130 Å². The van der Waals surface area contributed by atoms with Crippen molar-refractivity contribution < 1.29 is 4.79 Å². The molecule has 1 amide bonds. The Kier molecular flexibility index (Phi) is 4.42. The van der Waals surface area contributed by atoms with E-state index in [9.17, 15) is 4.79 Å². The summed E-state index contributed by atoms with van der Waals surface area (Å²) >= 11 is 0. The number of piperidine rings is 1. The van der Waals surface area contributed by atoms with Crippen molar-refractivity contribution in [3.05, 3.63) is 47.8 Å². The number of aromatic amines is 1. The summed E-state index contributed by atoms with van der Waals surface area (Å²) in [4.78, 5) is 14.4. The van der Waals surface area contributed by atoms with Gasteiger partial charge in [0.2, 0.25) is 5.91 Å². The van der Waals surface area contributed by atoms with E-state index in [4.69, 9.17) is 0 Å². The van der Waals surface area contributed by atoms with Crippen LogP contribution in [0.1, 0.15) is 24.2 Å². The lowest BCUT2D eigenvalue weighted by atomic mass is 10.0. The maximum absolute atomic E-state index is 12.4. The molecule has 5 heteroatoms. The Hall–Kier alpha value is -2.30. The van der Waals surface area contributed by atoms with Crippen LogP contribution in [0.4, 0.5) is 5.69 Å². The summed E-state index contributed by atoms with van der Waals surface area (Å²) in [5.74, 6) is 0.158. The van der Waals surface area contributed by atoms with E-state index in [1.165, 1.54) is 0 Å². The molecular formula is C17H22N4O. The SMILES string of the molecule is Cc1cc(CC(=O)N2CCC[C@H](Nc3ccccc3)C2)n[nH]1. The number of aromatic nitrogens is 2. The minimum atomic E-state index is 0.158. The van der Waals surface area contributed by atoms with Crippen LogP contribution in [-0.2, 0) is 11.2 Å². The highest BCUT2D eigenvalue weighted by molar-refractivity contribution is 5.78. The van der Waals surface area contributed by atoms with Crippen LogP contribution in [0.25, 0.3) is 0 Å². The smallest absolute Gasteiger partial charge is 0.228 e. The predicted molar refractivity (Wildman–Crippen MR) is 86.7 cm³/mol. The number of nitrogens with zero attached hydrogens (tertiary/aromatic N) is 2. The molecule has 116 valence electrons. The van der Waals surface area contributed by atoms with Gasteiger partial charge in [0, 0.05) is 30.5 Å². The molecule has 0 bridgehead atoms. The van der Waals surface area contributed by atoms with Crippen molar-refractivity contribution in [2.45, 2.75) is 32.2 Å². The highest BCUT2D eigenvalue weighted by atomic mass is 16.2. The van der Waals surface area contributed by atoms with Gasteiger partial charge in [0.1, 0.15) is 0 Å². The summed E-state index contributed by atoms with van der Waals surface area (Å²) in [6.07, 6.45) is 2.51. The molecule has 1 saturated heterocycles. The molecular weight excluding hydrogens is 276 g/mol. The first-order valence-electron chi connectivity index (χ1n) is 7.81. The van der Waals surface area contributed by atoms with Gasteiger partial charge in [-0.2, -0.15) is 5.10 Å². The van der Waals surface area contributed by atoms with Gasteiger partial charge in [-0.15, -0.1) is 0 Å². The monoisotopic (exact) mass is 298 g/mol. The summed E-state index contributed by atoms with van der Waals surface area (Å²) in [6, 6.07) is 12.4. The summed E-state index contributed by atoms with van der Waals surface area (Å²) in [5.41, 5.74) is 2.93. The van der Waals surface area contributed by atoms with Gasteiger partial charge in [0.05, 0.1) is 12.1 Å². The third-order valence-electron chi connectivity index (χ3n) is 4.01. The number of carbonyl (C=O) groups is 1. The van der Waals surface area contributed by atoms with Gasteiger partial charge in [-0.1, -0.05) is 18.2 Å². The number of carbonyl (C=O) groups excluding carboxylic acids is 1. The van der Waals surface area contributed by atoms with Gasteiger partial charge in [-0.05, 0) is 38.0 Å². The first kappa shape index (κ1) is 14.6. The van der Waals surface area contributed by atoms with E-state index >= 15 is 0 Å². The average molecular weight is 298 g/mol. The molecule has 22 heavy (non-hydrogen) atoms. The van der Waals surface area contributed by atoms with Crippen molar-refractivity contribution >= 4 is 11.6 Å². The number of anilines is 1. The minimum Gasteiger partial charge on any atom is -0.381 e. The summed E-state index contributed by atoms with van der Waals surface area (Å²) in [7, 11) is 0. The summed E-state index contributed by atoms with van der Waals surface area (Å²) in [5, 5.41) is 10.6. The standard InChI is InChI=1S/C17H22N4O/c1-13-10-16(20-19-13)11-17(22)21-9-5-8-15(12-21)18-14-6-3-2-4-7-14/h2-4,6-7,10,15,18H,5,8-9,11-12H2,1H3,(H,19,20)/t15-/m0/s1. The third kappa shape index (κ3) is 3.67. The van der Waals surface area contributed by atoms with E-state index in [0.29, 0.717) is 12.5 Å². The summed E-state index contributed by atoms with van der Waals surface area (Å²) < 4.78 is 0. The van der Waals surface area contributed by atoms with Crippen LogP contribution in [0.2, 0.25) is 0 Å². The fourth-order valence-corrected chi connectivity index (χ4v) is 2.92. The predicted octanol–water partition coefficient (Wildman–Crippen LogP) is 2.36. The van der Waals surface area contributed by atoms with Gasteiger partial charge in [-0.25, -0.2) is 0 Å². The number of amides is 1. The molecule has 1 aliphatic rings. The van der Waals surface area contributed by atoms with Crippen LogP contribution in [0.3, 0.4) is 0 Å². The average Bonchev–Trinajstić information content (AvgIpc) is 2.93. The molecule has 2 aromatic rings. The molecule has 0 spiro atoms. The highest BCUT2D eigenvalue weighted by Crippen LogP contribution is 2.16. The largest absolute Gasteiger partial charge is 0.381 e. The zero-order valence-corrected chi connectivity index (χ0v) is 12.9. The summed E-state index contributed by atoms with van der Waals surface area (Å²) in [6.45, 7) is 3.55. The van der Waals surface area contributed by atoms with Crippen molar-refractivity contribution in [2.75, 3.05) is 18.4 Å². The Morgan fingerprint density at radius 1 is 1.41 bits per heavy atom. The van der Waals surface area contributed by atoms with Gasteiger partial charge in [0.15, 0.2) is 0 Å². The first-order chi connectivity index (χ1) is 10.7. The Bertz CT molecular complexity index is 623. The molecule has 2 N–H and O–H groups in total. The molecule has 1 fully saturated rings. The number of rotatable bonds is 4. The number of aryl methyl sites for hydroxylation is 1. The van der Waals surface area contributed by atoms with E-state index in [1.54, 1.807) is 0 Å². The molecule has 2 heterocycles.